The Bertz CT molecular complexity index is 1120. The highest BCUT2D eigenvalue weighted by Crippen LogP contribution is 2.38. The summed E-state index contributed by atoms with van der Waals surface area (Å²) in [6.45, 7) is 4.20. The van der Waals surface area contributed by atoms with Crippen LogP contribution in [0.4, 0.5) is 18.9 Å². The molecule has 1 aliphatic rings. The van der Waals surface area contributed by atoms with E-state index in [2.05, 4.69) is 20.9 Å². The largest absolute Gasteiger partial charge is 0.494 e. The van der Waals surface area contributed by atoms with Crippen LogP contribution in [0.15, 0.2) is 53.7 Å². The minimum absolute atomic E-state index is 0.0686. The monoisotopic (exact) mass is 463 g/mol. The number of fused-ring (bicyclic) bond motifs is 1. The molecule has 1 aliphatic heterocycles. The number of rotatable bonds is 5. The molecule has 2 N–H and O–H groups in total. The molecule has 1 amide bonds. The lowest BCUT2D eigenvalue weighted by atomic mass is 10.0. The number of hydrogen-bond acceptors (Lipinski definition) is 6. The van der Waals surface area contributed by atoms with Crippen LogP contribution in [0, 0.1) is 6.92 Å². The van der Waals surface area contributed by atoms with Crippen LogP contribution in [0.2, 0.25) is 0 Å². The molecule has 168 valence electrons. The normalized spacial score (nSPS) is 17.9. The van der Waals surface area contributed by atoms with Crippen LogP contribution in [-0.2, 0) is 11.0 Å². The number of benzene rings is 2. The Hall–Kier alpha value is -3.21. The van der Waals surface area contributed by atoms with Crippen LogP contribution < -0.4 is 15.5 Å². The van der Waals surface area contributed by atoms with Gasteiger partial charge in [-0.05, 0) is 49.7 Å². The van der Waals surface area contributed by atoms with E-state index < -0.39 is 28.9 Å². The third-order valence-corrected chi connectivity index (χ3v) is 6.08. The first kappa shape index (κ1) is 22.0. The Balaban J connectivity index is 1.62. The zero-order chi connectivity index (χ0) is 22.9. The number of anilines is 1. The number of nitrogens with one attached hydrogen (secondary N) is 2. The van der Waals surface area contributed by atoms with Gasteiger partial charge in [0.05, 0.1) is 18.2 Å². The minimum Gasteiger partial charge on any atom is -0.494 e. The van der Waals surface area contributed by atoms with E-state index in [9.17, 15) is 18.0 Å². The fourth-order valence-corrected chi connectivity index (χ4v) is 4.46. The van der Waals surface area contributed by atoms with Crippen molar-refractivity contribution >= 4 is 23.4 Å². The number of amides is 1. The fraction of sp³-hybridized carbons (Fsp3) is 0.286. The van der Waals surface area contributed by atoms with Gasteiger partial charge in [0.1, 0.15) is 16.8 Å². The van der Waals surface area contributed by atoms with Crippen molar-refractivity contribution in [3.63, 3.8) is 0 Å². The number of halogens is 3. The molecular formula is C21H20F3N5O2S. The van der Waals surface area contributed by atoms with Gasteiger partial charge in [-0.1, -0.05) is 30.0 Å². The lowest BCUT2D eigenvalue weighted by Gasteiger charge is -2.32. The summed E-state index contributed by atoms with van der Waals surface area (Å²) in [5.41, 5.74) is 3.30. The number of aromatic nitrogens is 3. The predicted octanol–water partition coefficient (Wildman–Crippen LogP) is 4.40. The number of hydrogen-bond donors (Lipinski definition) is 2. The number of alkyl halides is 3. The summed E-state index contributed by atoms with van der Waals surface area (Å²) in [7, 11) is 0. The summed E-state index contributed by atoms with van der Waals surface area (Å²) in [5, 5.41) is 10.5. The van der Waals surface area contributed by atoms with Crippen molar-refractivity contribution in [2.24, 2.45) is 0 Å². The lowest BCUT2D eigenvalue weighted by Crippen LogP contribution is -2.41. The summed E-state index contributed by atoms with van der Waals surface area (Å²) in [6, 6.07) is 11.4. The van der Waals surface area contributed by atoms with Gasteiger partial charge < -0.3 is 15.5 Å². The molecule has 32 heavy (non-hydrogen) atoms. The van der Waals surface area contributed by atoms with Crippen LogP contribution in [-0.4, -0.2) is 32.6 Å². The minimum atomic E-state index is -4.50. The Morgan fingerprint density at radius 2 is 1.97 bits per heavy atom. The molecule has 0 fully saturated rings. The van der Waals surface area contributed by atoms with Crippen LogP contribution in [0.1, 0.15) is 29.9 Å². The Morgan fingerprint density at radius 1 is 1.22 bits per heavy atom. The van der Waals surface area contributed by atoms with Gasteiger partial charge in [-0.2, -0.15) is 13.2 Å². The molecule has 7 nitrogen and oxygen atoms in total. The SMILES string of the molecule is CCOc1ccc([C@H]2Nn3c(C)nnc3S[C@@H]2C(=O)Nc2cccc(C(F)(F)F)c2)cc1. The van der Waals surface area contributed by atoms with E-state index in [1.807, 2.05) is 31.2 Å². The van der Waals surface area contributed by atoms with Gasteiger partial charge in [0.25, 0.3) is 0 Å². The van der Waals surface area contributed by atoms with Gasteiger partial charge in [0.2, 0.25) is 11.1 Å². The first-order valence-electron chi connectivity index (χ1n) is 9.82. The molecule has 0 spiro atoms. The number of carbonyl (C=O) groups excluding carboxylic acids is 1. The van der Waals surface area contributed by atoms with Crippen molar-refractivity contribution in [2.75, 3.05) is 17.3 Å². The zero-order valence-electron chi connectivity index (χ0n) is 17.2. The standard InChI is InChI=1S/C21H20F3N5O2S/c1-3-31-16-9-7-13(8-10-16)17-18(32-20-27-26-12(2)29(20)28-17)19(30)25-15-6-4-5-14(11-15)21(22,23)24/h4-11,17-18,28H,3H2,1-2H3,(H,25,30)/t17-,18+/m1/s1. The smallest absolute Gasteiger partial charge is 0.416 e. The maximum atomic E-state index is 13.2. The number of nitrogens with zero attached hydrogens (tertiary/aromatic N) is 3. The molecule has 3 aromatic rings. The molecular weight excluding hydrogens is 443 g/mol. The van der Waals surface area contributed by atoms with Gasteiger partial charge in [0, 0.05) is 5.69 Å². The molecule has 1 aromatic heterocycles. The van der Waals surface area contributed by atoms with E-state index in [1.54, 1.807) is 11.6 Å². The van der Waals surface area contributed by atoms with Crippen molar-refractivity contribution < 1.29 is 22.7 Å². The molecule has 0 radical (unpaired) electrons. The predicted molar refractivity (Wildman–Crippen MR) is 114 cm³/mol. The zero-order valence-corrected chi connectivity index (χ0v) is 18.0. The maximum Gasteiger partial charge on any atom is 0.416 e. The molecule has 2 atom stereocenters. The van der Waals surface area contributed by atoms with Gasteiger partial charge in [-0.15, -0.1) is 10.2 Å². The second kappa shape index (κ2) is 8.73. The first-order valence-corrected chi connectivity index (χ1v) is 10.7. The highest BCUT2D eigenvalue weighted by Gasteiger charge is 2.38. The Morgan fingerprint density at radius 3 is 2.66 bits per heavy atom. The van der Waals surface area contributed by atoms with Gasteiger partial charge in [0.15, 0.2) is 0 Å². The third kappa shape index (κ3) is 4.52. The summed E-state index contributed by atoms with van der Waals surface area (Å²) < 4.78 is 46.3. The first-order chi connectivity index (χ1) is 15.3. The molecule has 4 rings (SSSR count). The van der Waals surface area contributed by atoms with Crippen molar-refractivity contribution in [3.8, 4) is 5.75 Å². The molecule has 11 heteroatoms. The van der Waals surface area contributed by atoms with E-state index in [-0.39, 0.29) is 5.69 Å². The van der Waals surface area contributed by atoms with E-state index in [0.717, 1.165) is 17.7 Å². The van der Waals surface area contributed by atoms with Gasteiger partial charge >= 0.3 is 6.18 Å². The van der Waals surface area contributed by atoms with E-state index in [4.69, 9.17) is 4.74 Å². The van der Waals surface area contributed by atoms with E-state index in [0.29, 0.717) is 23.3 Å². The number of ether oxygens (including phenoxy) is 1. The van der Waals surface area contributed by atoms with Crippen LogP contribution in [0.3, 0.4) is 0 Å². The van der Waals surface area contributed by atoms with Crippen molar-refractivity contribution in [1.82, 2.24) is 14.9 Å². The summed E-state index contributed by atoms with van der Waals surface area (Å²) >= 11 is 1.19. The molecule has 0 aliphatic carbocycles. The fourth-order valence-electron chi connectivity index (χ4n) is 3.34. The second-order valence-electron chi connectivity index (χ2n) is 7.08. The molecule has 0 unspecified atom stereocenters. The molecule has 0 bridgehead atoms. The number of thioether (sulfide) groups is 1. The number of aryl methyl sites for hydroxylation is 1. The van der Waals surface area contributed by atoms with Gasteiger partial charge in [-0.25, -0.2) is 4.68 Å². The van der Waals surface area contributed by atoms with Gasteiger partial charge in [-0.3, -0.25) is 4.79 Å². The van der Waals surface area contributed by atoms with Crippen LogP contribution in [0.5, 0.6) is 5.75 Å². The Kier molecular flexibility index (Phi) is 6.00. The van der Waals surface area contributed by atoms with Crippen molar-refractivity contribution in [1.29, 1.82) is 0 Å². The topological polar surface area (TPSA) is 81.1 Å². The highest BCUT2D eigenvalue weighted by molar-refractivity contribution is 8.00. The Labute approximate surface area is 186 Å². The molecule has 0 saturated heterocycles. The second-order valence-corrected chi connectivity index (χ2v) is 8.19. The number of carbonyl (C=O) groups is 1. The maximum absolute atomic E-state index is 13.2. The van der Waals surface area contributed by atoms with Crippen LogP contribution in [0.25, 0.3) is 0 Å². The average Bonchev–Trinajstić information content (AvgIpc) is 3.13. The lowest BCUT2D eigenvalue weighted by molar-refractivity contribution is -0.137. The summed E-state index contributed by atoms with van der Waals surface area (Å²) in [4.78, 5) is 13.2. The summed E-state index contributed by atoms with van der Waals surface area (Å²) in [6.07, 6.45) is -4.50. The van der Waals surface area contributed by atoms with Crippen molar-refractivity contribution in [2.45, 2.75) is 36.5 Å². The average molecular weight is 463 g/mol. The molecule has 0 saturated carbocycles. The van der Waals surface area contributed by atoms with E-state index in [1.165, 1.54) is 23.9 Å². The molecule has 2 heterocycles. The van der Waals surface area contributed by atoms with E-state index >= 15 is 0 Å². The third-order valence-electron chi connectivity index (χ3n) is 4.86. The van der Waals surface area contributed by atoms with Crippen LogP contribution >= 0.6 is 11.8 Å². The highest BCUT2D eigenvalue weighted by atomic mass is 32.2. The quantitative estimate of drug-likeness (QED) is 0.584. The molecule has 2 aromatic carbocycles. The van der Waals surface area contributed by atoms with Crippen molar-refractivity contribution in [3.05, 3.63) is 65.5 Å². The summed E-state index contributed by atoms with van der Waals surface area (Å²) in [5.74, 6) is 0.874.